The molecule has 0 fully saturated rings. The largest absolute Gasteiger partial charge is 0.368 e. The highest BCUT2D eigenvalue weighted by atomic mass is 16.5. The molecule has 0 bridgehead atoms. The fourth-order valence-corrected chi connectivity index (χ4v) is 0.749. The molecule has 0 aromatic carbocycles. The van der Waals surface area contributed by atoms with Gasteiger partial charge in [0.05, 0.1) is 12.2 Å². The van der Waals surface area contributed by atoms with Crippen LogP contribution in [0.1, 0.15) is 5.69 Å². The van der Waals surface area contributed by atoms with E-state index in [-0.39, 0.29) is 5.96 Å². The number of rotatable bonds is 2. The molecule has 12 heavy (non-hydrogen) atoms. The first-order valence-corrected chi connectivity index (χ1v) is 3.41. The number of aliphatic imine (C=N–C) groups is 1. The monoisotopic (exact) mass is 169 g/mol. The van der Waals surface area contributed by atoms with Crippen LogP contribution in [0.2, 0.25) is 0 Å². The summed E-state index contributed by atoms with van der Waals surface area (Å²) < 4.78 is 1.67. The first kappa shape index (κ1) is 8.54. The van der Waals surface area contributed by atoms with Gasteiger partial charge in [-0.05, 0) is 6.07 Å². The zero-order valence-electron chi connectivity index (χ0n) is 6.73. The molecule has 1 aromatic heterocycles. The van der Waals surface area contributed by atoms with Crippen molar-refractivity contribution < 1.29 is 5.21 Å². The van der Waals surface area contributed by atoms with Crippen molar-refractivity contribution in [3.05, 3.63) is 18.0 Å². The third-order valence-corrected chi connectivity index (χ3v) is 1.29. The van der Waals surface area contributed by atoms with Crippen LogP contribution >= 0.6 is 0 Å². The van der Waals surface area contributed by atoms with Gasteiger partial charge in [0.1, 0.15) is 0 Å². The quantitative estimate of drug-likeness (QED) is 0.307. The molecule has 0 saturated carbocycles. The van der Waals surface area contributed by atoms with Gasteiger partial charge in [0, 0.05) is 13.2 Å². The summed E-state index contributed by atoms with van der Waals surface area (Å²) in [5, 5.41) is 12.3. The van der Waals surface area contributed by atoms with Crippen LogP contribution in [0.4, 0.5) is 0 Å². The third-order valence-electron chi connectivity index (χ3n) is 1.29. The molecule has 0 spiro atoms. The highest BCUT2D eigenvalue weighted by Gasteiger charge is 1.94. The smallest absolute Gasteiger partial charge is 0.213 e. The van der Waals surface area contributed by atoms with Gasteiger partial charge in [0.2, 0.25) is 5.96 Å². The van der Waals surface area contributed by atoms with E-state index >= 15 is 0 Å². The van der Waals surface area contributed by atoms with Crippen LogP contribution in [0.5, 0.6) is 0 Å². The van der Waals surface area contributed by atoms with Crippen molar-refractivity contribution in [2.75, 3.05) is 0 Å². The molecule has 0 saturated heterocycles. The molecule has 0 aliphatic heterocycles. The number of hydroxylamine groups is 1. The standard InChI is InChI=1S/C6H11N5O/c1-11-3-2-5(9-11)4-8-6(7)10-12/h2-3,12H,4H2,1H3,(H3,7,8,10). The predicted molar refractivity (Wildman–Crippen MR) is 43.5 cm³/mol. The van der Waals surface area contributed by atoms with Crippen LogP contribution in [0, 0.1) is 0 Å². The van der Waals surface area contributed by atoms with E-state index in [0.717, 1.165) is 5.69 Å². The lowest BCUT2D eigenvalue weighted by Gasteiger charge is -1.94. The fourth-order valence-electron chi connectivity index (χ4n) is 0.749. The second-order valence-electron chi connectivity index (χ2n) is 2.29. The van der Waals surface area contributed by atoms with E-state index in [2.05, 4.69) is 10.1 Å². The normalized spacial score (nSPS) is 11.7. The Balaban J connectivity index is 2.53. The van der Waals surface area contributed by atoms with Crippen LogP contribution in [0.3, 0.4) is 0 Å². The number of aryl methyl sites for hydroxylation is 1. The van der Waals surface area contributed by atoms with Gasteiger partial charge in [-0.2, -0.15) is 5.10 Å². The minimum absolute atomic E-state index is 0.0133. The minimum atomic E-state index is -0.0133. The van der Waals surface area contributed by atoms with Gasteiger partial charge in [-0.25, -0.2) is 10.5 Å². The average Bonchev–Trinajstić information content (AvgIpc) is 2.47. The van der Waals surface area contributed by atoms with Gasteiger partial charge in [-0.3, -0.25) is 9.89 Å². The maximum atomic E-state index is 8.29. The van der Waals surface area contributed by atoms with E-state index in [1.807, 2.05) is 19.3 Å². The Hall–Kier alpha value is -1.56. The van der Waals surface area contributed by atoms with Gasteiger partial charge in [0.25, 0.3) is 0 Å². The molecule has 0 radical (unpaired) electrons. The second-order valence-corrected chi connectivity index (χ2v) is 2.29. The zero-order valence-corrected chi connectivity index (χ0v) is 6.73. The minimum Gasteiger partial charge on any atom is -0.368 e. The van der Waals surface area contributed by atoms with Gasteiger partial charge in [-0.15, -0.1) is 0 Å². The Labute approximate surface area is 69.7 Å². The molecule has 0 unspecified atom stereocenters. The van der Waals surface area contributed by atoms with Gasteiger partial charge >= 0.3 is 0 Å². The number of nitrogens with two attached hydrogens (primary N) is 1. The number of nitrogens with zero attached hydrogens (tertiary/aromatic N) is 3. The summed E-state index contributed by atoms with van der Waals surface area (Å²) in [6.07, 6.45) is 1.81. The molecule has 4 N–H and O–H groups in total. The van der Waals surface area contributed by atoms with Crippen LogP contribution in [-0.2, 0) is 13.6 Å². The number of hydrogen-bond donors (Lipinski definition) is 3. The Kier molecular flexibility index (Phi) is 2.65. The van der Waals surface area contributed by atoms with Crippen molar-refractivity contribution in [1.29, 1.82) is 0 Å². The van der Waals surface area contributed by atoms with Gasteiger partial charge in [-0.1, -0.05) is 0 Å². The highest BCUT2D eigenvalue weighted by Crippen LogP contribution is 1.95. The van der Waals surface area contributed by atoms with Crippen molar-refractivity contribution in [2.45, 2.75) is 6.54 Å². The molecular weight excluding hydrogens is 158 g/mol. The molecule has 1 aromatic rings. The fraction of sp³-hybridized carbons (Fsp3) is 0.333. The Bertz CT molecular complexity index is 279. The summed E-state index contributed by atoms with van der Waals surface area (Å²) in [5.74, 6) is -0.0133. The maximum Gasteiger partial charge on any atom is 0.213 e. The summed E-state index contributed by atoms with van der Waals surface area (Å²) in [4.78, 5) is 3.78. The van der Waals surface area contributed by atoms with E-state index in [9.17, 15) is 0 Å². The van der Waals surface area contributed by atoms with Gasteiger partial charge in [0.15, 0.2) is 0 Å². The van der Waals surface area contributed by atoms with Crippen molar-refractivity contribution in [3.63, 3.8) is 0 Å². The van der Waals surface area contributed by atoms with Crippen LogP contribution in [0.15, 0.2) is 17.3 Å². The Morgan fingerprint density at radius 2 is 2.67 bits per heavy atom. The van der Waals surface area contributed by atoms with Crippen molar-refractivity contribution in [2.24, 2.45) is 17.8 Å². The summed E-state index contributed by atoms with van der Waals surface area (Å²) in [6, 6.07) is 1.83. The molecule has 0 amide bonds. The second kappa shape index (κ2) is 3.72. The molecular formula is C6H11N5O. The number of guanidine groups is 1. The van der Waals surface area contributed by atoms with E-state index in [0.29, 0.717) is 6.54 Å². The van der Waals surface area contributed by atoms with E-state index in [1.165, 1.54) is 0 Å². The van der Waals surface area contributed by atoms with Crippen LogP contribution < -0.4 is 11.2 Å². The summed E-state index contributed by atoms with van der Waals surface area (Å²) in [7, 11) is 1.82. The molecule has 0 aliphatic rings. The average molecular weight is 169 g/mol. The Morgan fingerprint density at radius 1 is 1.92 bits per heavy atom. The first-order valence-electron chi connectivity index (χ1n) is 3.41. The highest BCUT2D eigenvalue weighted by molar-refractivity contribution is 5.76. The molecule has 1 rings (SSSR count). The summed E-state index contributed by atoms with van der Waals surface area (Å²) in [6.45, 7) is 0.361. The molecule has 0 atom stereocenters. The molecule has 0 aliphatic carbocycles. The summed E-state index contributed by atoms with van der Waals surface area (Å²) in [5.41, 5.74) is 7.72. The lowest BCUT2D eigenvalue weighted by Crippen LogP contribution is -2.28. The van der Waals surface area contributed by atoms with Crippen molar-refractivity contribution in [1.82, 2.24) is 15.3 Å². The maximum absolute atomic E-state index is 8.29. The lowest BCUT2D eigenvalue weighted by molar-refractivity contribution is 0.232. The number of aromatic nitrogens is 2. The van der Waals surface area contributed by atoms with Crippen LogP contribution in [0.25, 0.3) is 0 Å². The zero-order chi connectivity index (χ0) is 8.97. The van der Waals surface area contributed by atoms with Gasteiger partial charge < -0.3 is 5.73 Å². The molecule has 1 heterocycles. The number of nitrogens with one attached hydrogen (secondary N) is 1. The van der Waals surface area contributed by atoms with E-state index < -0.39 is 0 Å². The molecule has 6 nitrogen and oxygen atoms in total. The molecule has 6 heteroatoms. The van der Waals surface area contributed by atoms with E-state index in [1.54, 1.807) is 10.2 Å². The molecule has 66 valence electrons. The summed E-state index contributed by atoms with van der Waals surface area (Å²) >= 11 is 0. The van der Waals surface area contributed by atoms with Crippen molar-refractivity contribution >= 4 is 5.96 Å². The van der Waals surface area contributed by atoms with E-state index in [4.69, 9.17) is 10.9 Å². The number of hydrogen-bond acceptors (Lipinski definition) is 3. The topological polar surface area (TPSA) is 88.5 Å². The van der Waals surface area contributed by atoms with Crippen LogP contribution in [-0.4, -0.2) is 20.9 Å². The predicted octanol–water partition coefficient (Wildman–Crippen LogP) is -0.786. The van der Waals surface area contributed by atoms with Crippen molar-refractivity contribution in [3.8, 4) is 0 Å². The third kappa shape index (κ3) is 2.24. The Morgan fingerprint density at radius 3 is 3.17 bits per heavy atom. The lowest BCUT2D eigenvalue weighted by atomic mass is 10.4. The first-order chi connectivity index (χ1) is 5.72. The SMILES string of the molecule is Cn1ccc(CN=C(N)NO)n1.